The van der Waals surface area contributed by atoms with Crippen LogP contribution in [0.2, 0.25) is 0 Å². The van der Waals surface area contributed by atoms with Gasteiger partial charge in [0.15, 0.2) is 5.69 Å². The van der Waals surface area contributed by atoms with Crippen molar-refractivity contribution in [1.82, 2.24) is 9.97 Å². The highest BCUT2D eigenvalue weighted by molar-refractivity contribution is 5.93. The van der Waals surface area contributed by atoms with Gasteiger partial charge in [0.25, 0.3) is 0 Å². The summed E-state index contributed by atoms with van der Waals surface area (Å²) < 4.78 is 4.66. The molecule has 0 aromatic carbocycles. The Balaban J connectivity index is 2.63. The third kappa shape index (κ3) is 2.16. The summed E-state index contributed by atoms with van der Waals surface area (Å²) in [6.07, 6.45) is 3.33. The van der Waals surface area contributed by atoms with Crippen LogP contribution in [0.3, 0.4) is 0 Å². The largest absolute Gasteiger partial charge is 0.464 e. The number of esters is 1. The lowest BCUT2D eigenvalue weighted by molar-refractivity contribution is 0.0593. The Morgan fingerprint density at radius 1 is 1.61 bits per heavy atom. The standard InChI is InChI=1S/C11H11N5O2/c1-3-7-8(11(17)18-2)13-9(6-4-5-6)14-10(7)15-16-12/h3,6H,1,4-5H2,2H3. The molecule has 1 heterocycles. The van der Waals surface area contributed by atoms with Crippen LogP contribution in [0, 0.1) is 0 Å². The molecule has 0 radical (unpaired) electrons. The number of ether oxygens (including phenoxy) is 1. The molecule has 2 rings (SSSR count). The van der Waals surface area contributed by atoms with Gasteiger partial charge in [-0.25, -0.2) is 14.8 Å². The predicted molar refractivity (Wildman–Crippen MR) is 64.2 cm³/mol. The van der Waals surface area contributed by atoms with Gasteiger partial charge < -0.3 is 4.74 Å². The Hall–Kier alpha value is -2.40. The van der Waals surface area contributed by atoms with E-state index in [1.165, 1.54) is 13.2 Å². The molecular formula is C11H11N5O2. The van der Waals surface area contributed by atoms with Crippen molar-refractivity contribution in [3.63, 3.8) is 0 Å². The van der Waals surface area contributed by atoms with Crippen molar-refractivity contribution in [3.05, 3.63) is 34.1 Å². The number of nitrogens with zero attached hydrogens (tertiary/aromatic N) is 5. The van der Waals surface area contributed by atoms with Crippen LogP contribution in [-0.2, 0) is 4.74 Å². The maximum atomic E-state index is 11.6. The monoisotopic (exact) mass is 245 g/mol. The van der Waals surface area contributed by atoms with Crippen molar-refractivity contribution in [2.24, 2.45) is 5.11 Å². The molecule has 0 unspecified atom stereocenters. The molecule has 7 nitrogen and oxygen atoms in total. The molecule has 0 N–H and O–H groups in total. The topological polar surface area (TPSA) is 101 Å². The van der Waals surface area contributed by atoms with E-state index in [0.29, 0.717) is 11.4 Å². The molecule has 0 atom stereocenters. The number of carbonyl (C=O) groups excluding carboxylic acids is 1. The number of carbonyl (C=O) groups is 1. The first-order valence-corrected chi connectivity index (χ1v) is 5.39. The smallest absolute Gasteiger partial charge is 0.357 e. The maximum Gasteiger partial charge on any atom is 0.357 e. The van der Waals surface area contributed by atoms with Crippen molar-refractivity contribution < 1.29 is 9.53 Å². The average Bonchev–Trinajstić information content (AvgIpc) is 3.21. The quantitative estimate of drug-likeness (QED) is 0.352. The summed E-state index contributed by atoms with van der Waals surface area (Å²) in [7, 11) is 1.27. The molecule has 92 valence electrons. The van der Waals surface area contributed by atoms with E-state index in [1.54, 1.807) is 0 Å². The van der Waals surface area contributed by atoms with Gasteiger partial charge >= 0.3 is 5.97 Å². The Labute approximate surface area is 103 Å². The summed E-state index contributed by atoms with van der Waals surface area (Å²) >= 11 is 0. The second kappa shape index (κ2) is 4.85. The van der Waals surface area contributed by atoms with Crippen molar-refractivity contribution >= 4 is 17.9 Å². The average molecular weight is 245 g/mol. The zero-order valence-corrected chi connectivity index (χ0v) is 9.83. The first-order valence-electron chi connectivity index (χ1n) is 5.39. The fraction of sp³-hybridized carbons (Fsp3) is 0.364. The minimum absolute atomic E-state index is 0.0896. The maximum absolute atomic E-state index is 11.6. The molecule has 1 aliphatic rings. The second-order valence-electron chi connectivity index (χ2n) is 3.83. The van der Waals surface area contributed by atoms with Crippen LogP contribution in [0.5, 0.6) is 0 Å². The van der Waals surface area contributed by atoms with Crippen LogP contribution >= 0.6 is 0 Å². The van der Waals surface area contributed by atoms with Gasteiger partial charge in [-0.15, -0.1) is 0 Å². The number of aromatic nitrogens is 2. The van der Waals surface area contributed by atoms with Gasteiger partial charge in [-0.05, 0) is 23.5 Å². The Morgan fingerprint density at radius 2 is 2.33 bits per heavy atom. The normalized spacial score (nSPS) is 13.6. The van der Waals surface area contributed by atoms with Crippen LogP contribution in [-0.4, -0.2) is 23.0 Å². The van der Waals surface area contributed by atoms with Crippen LogP contribution in [0.4, 0.5) is 5.82 Å². The summed E-state index contributed by atoms with van der Waals surface area (Å²) in [5.74, 6) is 0.275. The molecule has 0 amide bonds. The van der Waals surface area contributed by atoms with Crippen molar-refractivity contribution in [3.8, 4) is 0 Å². The van der Waals surface area contributed by atoms with E-state index in [-0.39, 0.29) is 17.4 Å². The molecule has 1 aromatic heterocycles. The first-order chi connectivity index (χ1) is 8.71. The van der Waals surface area contributed by atoms with E-state index in [4.69, 9.17) is 5.53 Å². The van der Waals surface area contributed by atoms with Gasteiger partial charge in [-0.2, -0.15) is 0 Å². The lowest BCUT2D eigenvalue weighted by Gasteiger charge is -2.08. The summed E-state index contributed by atoms with van der Waals surface area (Å²) in [4.78, 5) is 22.7. The third-order valence-corrected chi connectivity index (χ3v) is 2.61. The van der Waals surface area contributed by atoms with Gasteiger partial charge in [-0.3, -0.25) is 0 Å². The van der Waals surface area contributed by atoms with Gasteiger partial charge in [0, 0.05) is 16.4 Å². The molecule has 0 aliphatic heterocycles. The first kappa shape index (κ1) is 12.1. The summed E-state index contributed by atoms with van der Waals surface area (Å²) in [6, 6.07) is 0. The molecule has 18 heavy (non-hydrogen) atoms. The van der Waals surface area contributed by atoms with Crippen LogP contribution in [0.1, 0.15) is 40.6 Å². The van der Waals surface area contributed by atoms with E-state index in [9.17, 15) is 4.79 Å². The Morgan fingerprint density at radius 3 is 2.83 bits per heavy atom. The number of azide groups is 1. The van der Waals surface area contributed by atoms with Gasteiger partial charge in [0.2, 0.25) is 0 Å². The molecule has 1 fully saturated rings. The molecule has 0 saturated heterocycles. The molecule has 1 aliphatic carbocycles. The summed E-state index contributed by atoms with van der Waals surface area (Å²) in [6.45, 7) is 3.57. The SMILES string of the molecule is C=Cc1c(N=[N+]=[N-])nc(C2CC2)nc1C(=O)OC. The lowest BCUT2D eigenvalue weighted by Crippen LogP contribution is -2.10. The number of methoxy groups -OCH3 is 1. The molecule has 0 bridgehead atoms. The minimum atomic E-state index is -0.594. The van der Waals surface area contributed by atoms with E-state index >= 15 is 0 Å². The number of rotatable bonds is 4. The van der Waals surface area contributed by atoms with Gasteiger partial charge in [0.05, 0.1) is 7.11 Å². The second-order valence-corrected chi connectivity index (χ2v) is 3.83. The zero-order chi connectivity index (χ0) is 13.1. The number of hydrogen-bond acceptors (Lipinski definition) is 5. The third-order valence-electron chi connectivity index (χ3n) is 2.61. The van der Waals surface area contributed by atoms with E-state index in [0.717, 1.165) is 12.8 Å². The number of hydrogen-bond donors (Lipinski definition) is 0. The van der Waals surface area contributed by atoms with E-state index in [1.807, 2.05) is 0 Å². The molecule has 7 heteroatoms. The molecule has 0 spiro atoms. The Kier molecular flexibility index (Phi) is 3.25. The fourth-order valence-corrected chi connectivity index (χ4v) is 1.56. The Bertz CT molecular complexity index is 559. The zero-order valence-electron chi connectivity index (χ0n) is 9.83. The molecule has 1 aromatic rings. The van der Waals surface area contributed by atoms with Crippen LogP contribution in [0.25, 0.3) is 16.5 Å². The van der Waals surface area contributed by atoms with Crippen LogP contribution in [0.15, 0.2) is 11.7 Å². The van der Waals surface area contributed by atoms with E-state index < -0.39 is 5.97 Å². The van der Waals surface area contributed by atoms with Gasteiger partial charge in [-0.1, -0.05) is 12.7 Å². The summed E-state index contributed by atoms with van der Waals surface area (Å²) in [5.41, 5.74) is 8.90. The highest BCUT2D eigenvalue weighted by Gasteiger charge is 2.29. The highest BCUT2D eigenvalue weighted by Crippen LogP contribution is 2.39. The predicted octanol–water partition coefficient (Wildman–Crippen LogP) is 2.73. The van der Waals surface area contributed by atoms with Crippen LogP contribution < -0.4 is 0 Å². The lowest BCUT2D eigenvalue weighted by atomic mass is 10.2. The minimum Gasteiger partial charge on any atom is -0.464 e. The fourth-order valence-electron chi connectivity index (χ4n) is 1.56. The van der Waals surface area contributed by atoms with Crippen molar-refractivity contribution in [2.75, 3.05) is 7.11 Å². The van der Waals surface area contributed by atoms with Gasteiger partial charge in [0.1, 0.15) is 11.6 Å². The van der Waals surface area contributed by atoms with Crippen molar-refractivity contribution in [1.29, 1.82) is 0 Å². The molecule has 1 saturated carbocycles. The highest BCUT2D eigenvalue weighted by atomic mass is 16.5. The van der Waals surface area contributed by atoms with E-state index in [2.05, 4.69) is 31.3 Å². The van der Waals surface area contributed by atoms with Crippen molar-refractivity contribution in [2.45, 2.75) is 18.8 Å². The molecular weight excluding hydrogens is 234 g/mol. The summed E-state index contributed by atoms with van der Waals surface area (Å²) in [5, 5.41) is 3.48.